The van der Waals surface area contributed by atoms with E-state index in [1.54, 1.807) is 5.57 Å². The van der Waals surface area contributed by atoms with Crippen LogP contribution in [0.4, 0.5) is 0 Å². The lowest BCUT2D eigenvalue weighted by molar-refractivity contribution is 0.510. The summed E-state index contributed by atoms with van der Waals surface area (Å²) in [6.45, 7) is 6.97. The summed E-state index contributed by atoms with van der Waals surface area (Å²) in [7, 11) is 0. The molecule has 110 valence electrons. The Morgan fingerprint density at radius 2 is 1.36 bits per heavy atom. The van der Waals surface area contributed by atoms with Crippen LogP contribution < -0.4 is 0 Å². The molecule has 0 heterocycles. The van der Waals surface area contributed by atoms with E-state index >= 15 is 0 Å². The fourth-order valence-corrected chi connectivity index (χ4v) is 4.06. The molecule has 0 saturated heterocycles. The van der Waals surface area contributed by atoms with E-state index in [0.29, 0.717) is 5.92 Å². The lowest BCUT2D eigenvalue weighted by Crippen LogP contribution is -2.12. The summed E-state index contributed by atoms with van der Waals surface area (Å²) < 4.78 is 0. The standard InChI is InChI=1S/C22H22/c1-22(2,3)20-14-8-13-19(20)21-17-11-6-4-9-15(17)16-10-5-7-12-18(16)21/h4-12,14,21H,13H2,1-3H3. The van der Waals surface area contributed by atoms with Crippen molar-refractivity contribution in [2.45, 2.75) is 33.1 Å². The van der Waals surface area contributed by atoms with E-state index in [1.165, 1.54) is 27.8 Å². The van der Waals surface area contributed by atoms with Gasteiger partial charge in [-0.3, -0.25) is 0 Å². The molecule has 0 aromatic heterocycles. The van der Waals surface area contributed by atoms with E-state index < -0.39 is 0 Å². The van der Waals surface area contributed by atoms with Crippen LogP contribution in [0.25, 0.3) is 11.1 Å². The molecule has 0 unspecified atom stereocenters. The minimum Gasteiger partial charge on any atom is -0.0801 e. The maximum atomic E-state index is 2.35. The highest BCUT2D eigenvalue weighted by molar-refractivity contribution is 5.81. The molecule has 0 spiro atoms. The average molecular weight is 286 g/mol. The van der Waals surface area contributed by atoms with Gasteiger partial charge in [-0.2, -0.15) is 0 Å². The van der Waals surface area contributed by atoms with Gasteiger partial charge in [-0.25, -0.2) is 0 Å². The predicted octanol–water partition coefficient (Wildman–Crippen LogP) is 6.10. The van der Waals surface area contributed by atoms with Gasteiger partial charge >= 0.3 is 0 Å². The molecule has 0 amide bonds. The summed E-state index contributed by atoms with van der Waals surface area (Å²) in [5, 5.41) is 0. The third-order valence-electron chi connectivity index (χ3n) is 4.96. The van der Waals surface area contributed by atoms with E-state index in [1.807, 2.05) is 0 Å². The number of hydrogen-bond donors (Lipinski definition) is 0. The summed E-state index contributed by atoms with van der Waals surface area (Å²) in [5.41, 5.74) is 9.09. The first-order chi connectivity index (χ1) is 10.6. The van der Waals surface area contributed by atoms with Crippen molar-refractivity contribution in [3.8, 4) is 11.1 Å². The molecular weight excluding hydrogens is 264 g/mol. The lowest BCUT2D eigenvalue weighted by Gasteiger charge is -2.25. The second kappa shape index (κ2) is 4.71. The Balaban J connectivity index is 1.97. The molecule has 0 bridgehead atoms. The minimum absolute atomic E-state index is 0.203. The van der Waals surface area contributed by atoms with Gasteiger partial charge in [0.1, 0.15) is 0 Å². The highest BCUT2D eigenvalue weighted by atomic mass is 14.4. The summed E-state index contributed by atoms with van der Waals surface area (Å²) in [4.78, 5) is 0. The Morgan fingerprint density at radius 1 is 0.818 bits per heavy atom. The van der Waals surface area contributed by atoms with Gasteiger partial charge in [0.25, 0.3) is 0 Å². The molecule has 0 saturated carbocycles. The molecule has 2 aliphatic rings. The van der Waals surface area contributed by atoms with Crippen molar-refractivity contribution in [3.05, 3.63) is 83.0 Å². The van der Waals surface area contributed by atoms with Crippen molar-refractivity contribution in [2.24, 2.45) is 5.41 Å². The first kappa shape index (κ1) is 13.6. The molecule has 0 radical (unpaired) electrons. The Kier molecular flexibility index (Phi) is 2.91. The minimum atomic E-state index is 0.203. The SMILES string of the molecule is CC(C)(C)C1=C(C2c3ccccc3-c3ccccc32)CC=C1. The highest BCUT2D eigenvalue weighted by Gasteiger charge is 2.34. The molecule has 0 aliphatic heterocycles. The van der Waals surface area contributed by atoms with Gasteiger partial charge in [-0.1, -0.05) is 87.0 Å². The Morgan fingerprint density at radius 3 is 1.91 bits per heavy atom. The molecule has 0 heteroatoms. The van der Waals surface area contributed by atoms with E-state index in [2.05, 4.69) is 81.5 Å². The number of allylic oxidation sites excluding steroid dienone is 4. The molecule has 0 nitrogen and oxygen atoms in total. The van der Waals surface area contributed by atoms with Gasteiger partial charge in [-0.15, -0.1) is 0 Å². The Labute approximate surface area is 133 Å². The number of fused-ring (bicyclic) bond motifs is 3. The van der Waals surface area contributed by atoms with Crippen LogP contribution in [0.1, 0.15) is 44.2 Å². The number of rotatable bonds is 1. The summed E-state index contributed by atoms with van der Waals surface area (Å²) in [6, 6.07) is 17.8. The summed E-state index contributed by atoms with van der Waals surface area (Å²) in [5.74, 6) is 0.427. The molecule has 2 aromatic rings. The summed E-state index contributed by atoms with van der Waals surface area (Å²) >= 11 is 0. The van der Waals surface area contributed by atoms with Crippen LogP contribution >= 0.6 is 0 Å². The van der Waals surface area contributed by atoms with Crippen LogP contribution in [-0.2, 0) is 0 Å². The van der Waals surface area contributed by atoms with Crippen molar-refractivity contribution >= 4 is 0 Å². The van der Waals surface area contributed by atoms with Crippen molar-refractivity contribution in [2.75, 3.05) is 0 Å². The first-order valence-corrected chi connectivity index (χ1v) is 8.15. The number of benzene rings is 2. The zero-order valence-electron chi connectivity index (χ0n) is 13.6. The molecular formula is C22H22. The monoisotopic (exact) mass is 286 g/mol. The molecule has 2 aromatic carbocycles. The predicted molar refractivity (Wildman–Crippen MR) is 94.0 cm³/mol. The van der Waals surface area contributed by atoms with Crippen LogP contribution in [-0.4, -0.2) is 0 Å². The Bertz CT molecular complexity index is 751. The maximum absolute atomic E-state index is 2.35. The highest BCUT2D eigenvalue weighted by Crippen LogP contribution is 2.52. The van der Waals surface area contributed by atoms with Gasteiger partial charge in [0, 0.05) is 5.92 Å². The second-order valence-electron chi connectivity index (χ2n) is 7.40. The molecule has 0 atom stereocenters. The van der Waals surface area contributed by atoms with Crippen molar-refractivity contribution in [1.29, 1.82) is 0 Å². The van der Waals surface area contributed by atoms with Gasteiger partial charge in [-0.05, 0) is 39.7 Å². The zero-order valence-corrected chi connectivity index (χ0v) is 13.6. The van der Waals surface area contributed by atoms with Gasteiger partial charge < -0.3 is 0 Å². The smallest absolute Gasteiger partial charge is 0.0320 e. The molecule has 0 fully saturated rings. The third kappa shape index (κ3) is 1.90. The van der Waals surface area contributed by atoms with Crippen LogP contribution in [0.5, 0.6) is 0 Å². The van der Waals surface area contributed by atoms with Crippen molar-refractivity contribution in [1.82, 2.24) is 0 Å². The normalized spacial score (nSPS) is 17.0. The largest absolute Gasteiger partial charge is 0.0801 e. The van der Waals surface area contributed by atoms with E-state index in [4.69, 9.17) is 0 Å². The van der Waals surface area contributed by atoms with E-state index in [-0.39, 0.29) is 5.41 Å². The van der Waals surface area contributed by atoms with Gasteiger partial charge in [0.15, 0.2) is 0 Å². The fourth-order valence-electron chi connectivity index (χ4n) is 4.06. The second-order valence-corrected chi connectivity index (χ2v) is 7.40. The van der Waals surface area contributed by atoms with Crippen LogP contribution in [0, 0.1) is 5.41 Å². The molecule has 0 N–H and O–H groups in total. The Hall–Kier alpha value is -2.08. The van der Waals surface area contributed by atoms with Crippen molar-refractivity contribution in [3.63, 3.8) is 0 Å². The first-order valence-electron chi connectivity index (χ1n) is 8.15. The quantitative estimate of drug-likeness (QED) is 0.594. The van der Waals surface area contributed by atoms with Crippen molar-refractivity contribution < 1.29 is 0 Å². The summed E-state index contributed by atoms with van der Waals surface area (Å²) in [6.07, 6.45) is 5.76. The topological polar surface area (TPSA) is 0 Å². The third-order valence-corrected chi connectivity index (χ3v) is 4.96. The molecule has 4 rings (SSSR count). The van der Waals surface area contributed by atoms with E-state index in [0.717, 1.165) is 6.42 Å². The molecule has 2 aliphatic carbocycles. The fraction of sp³-hybridized carbons (Fsp3) is 0.273. The van der Waals surface area contributed by atoms with Crippen LogP contribution in [0.15, 0.2) is 71.8 Å². The zero-order chi connectivity index (χ0) is 15.3. The maximum Gasteiger partial charge on any atom is 0.0320 e. The molecule has 22 heavy (non-hydrogen) atoms. The lowest BCUT2D eigenvalue weighted by atomic mass is 9.78. The van der Waals surface area contributed by atoms with Crippen LogP contribution in [0.2, 0.25) is 0 Å². The van der Waals surface area contributed by atoms with Crippen LogP contribution in [0.3, 0.4) is 0 Å². The van der Waals surface area contributed by atoms with E-state index in [9.17, 15) is 0 Å². The van der Waals surface area contributed by atoms with Gasteiger partial charge in [0.05, 0.1) is 0 Å². The number of hydrogen-bond acceptors (Lipinski definition) is 0. The van der Waals surface area contributed by atoms with Gasteiger partial charge in [0.2, 0.25) is 0 Å². The average Bonchev–Trinajstić information content (AvgIpc) is 3.08.